The number of aryl methyl sites for hydroxylation is 1. The van der Waals surface area contributed by atoms with Gasteiger partial charge < -0.3 is 25.4 Å². The number of hydrogen-bond acceptors (Lipinski definition) is 5. The van der Waals surface area contributed by atoms with Crippen LogP contribution in [0.2, 0.25) is 0 Å². The van der Waals surface area contributed by atoms with Gasteiger partial charge in [-0.3, -0.25) is 9.59 Å². The summed E-state index contributed by atoms with van der Waals surface area (Å²) in [5.41, 5.74) is 6.88. The molecule has 1 saturated heterocycles. The van der Waals surface area contributed by atoms with Crippen LogP contribution in [-0.2, 0) is 9.53 Å². The van der Waals surface area contributed by atoms with Crippen molar-refractivity contribution in [3.63, 3.8) is 0 Å². The Bertz CT molecular complexity index is 576. The molecule has 7 nitrogen and oxygen atoms in total. The molecule has 7 heteroatoms. The molecule has 2 rings (SSSR count). The van der Waals surface area contributed by atoms with E-state index < -0.39 is 0 Å². The molecule has 126 valence electrons. The summed E-state index contributed by atoms with van der Waals surface area (Å²) in [4.78, 5) is 25.4. The lowest BCUT2D eigenvalue weighted by Crippen LogP contribution is -2.48. The Hall–Kier alpha value is -2.12. The summed E-state index contributed by atoms with van der Waals surface area (Å²) in [6.45, 7) is 3.48. The first kappa shape index (κ1) is 17.2. The van der Waals surface area contributed by atoms with Crippen molar-refractivity contribution in [1.29, 1.82) is 0 Å². The van der Waals surface area contributed by atoms with E-state index in [1.165, 1.54) is 0 Å². The van der Waals surface area contributed by atoms with E-state index >= 15 is 0 Å². The quantitative estimate of drug-likeness (QED) is 0.764. The third-order valence-corrected chi connectivity index (χ3v) is 3.59. The van der Waals surface area contributed by atoms with Crippen LogP contribution in [0.25, 0.3) is 0 Å². The number of nitrogens with one attached hydrogen (secondary N) is 1. The van der Waals surface area contributed by atoms with Gasteiger partial charge in [0.25, 0.3) is 5.91 Å². The molecule has 0 bridgehead atoms. The van der Waals surface area contributed by atoms with Crippen molar-refractivity contribution in [1.82, 2.24) is 10.2 Å². The number of benzene rings is 1. The van der Waals surface area contributed by atoms with Crippen LogP contribution in [0, 0.1) is 6.92 Å². The van der Waals surface area contributed by atoms with E-state index in [-0.39, 0.29) is 24.5 Å². The normalized spacial score (nSPS) is 18.0. The van der Waals surface area contributed by atoms with Crippen molar-refractivity contribution in [2.75, 3.05) is 39.9 Å². The van der Waals surface area contributed by atoms with E-state index in [1.54, 1.807) is 24.1 Å². The van der Waals surface area contributed by atoms with E-state index in [4.69, 9.17) is 15.2 Å². The Morgan fingerprint density at radius 1 is 1.52 bits per heavy atom. The average molecular weight is 321 g/mol. The molecule has 23 heavy (non-hydrogen) atoms. The minimum Gasteiger partial charge on any atom is -0.491 e. The predicted molar refractivity (Wildman–Crippen MR) is 85.4 cm³/mol. The van der Waals surface area contributed by atoms with E-state index in [0.29, 0.717) is 37.6 Å². The third kappa shape index (κ3) is 4.67. The molecule has 1 atom stereocenters. The summed E-state index contributed by atoms with van der Waals surface area (Å²) in [5, 5.41) is 2.83. The highest BCUT2D eigenvalue weighted by molar-refractivity contribution is 5.97. The van der Waals surface area contributed by atoms with Crippen LogP contribution >= 0.6 is 0 Å². The zero-order valence-electron chi connectivity index (χ0n) is 13.5. The second kappa shape index (κ2) is 7.94. The molecule has 1 heterocycles. The Labute approximate surface area is 135 Å². The molecule has 0 radical (unpaired) electrons. The standard InChI is InChI=1S/C16H23N3O4/c1-11-3-4-14(22-6-5-17)13(7-11)16(21)18-8-12-9-19(2)15(20)10-23-12/h3-4,7,12H,5-6,8-10,17H2,1-2H3,(H,18,21)/t12-/m0/s1. The summed E-state index contributed by atoms with van der Waals surface area (Å²) in [5.74, 6) is 0.225. The molecule has 1 aliphatic rings. The summed E-state index contributed by atoms with van der Waals surface area (Å²) in [7, 11) is 1.72. The minimum atomic E-state index is -0.233. The fourth-order valence-electron chi connectivity index (χ4n) is 2.30. The molecule has 0 unspecified atom stereocenters. The fourth-order valence-corrected chi connectivity index (χ4v) is 2.30. The van der Waals surface area contributed by atoms with Gasteiger partial charge in [0.15, 0.2) is 0 Å². The molecular formula is C16H23N3O4. The molecule has 0 saturated carbocycles. The maximum Gasteiger partial charge on any atom is 0.255 e. The van der Waals surface area contributed by atoms with Crippen LogP contribution in [0.3, 0.4) is 0 Å². The van der Waals surface area contributed by atoms with Crippen molar-refractivity contribution in [3.8, 4) is 5.75 Å². The molecule has 1 aliphatic heterocycles. The molecule has 1 fully saturated rings. The van der Waals surface area contributed by atoms with Crippen LogP contribution in [0.5, 0.6) is 5.75 Å². The van der Waals surface area contributed by atoms with Gasteiger partial charge in [0.1, 0.15) is 19.0 Å². The predicted octanol–water partition coefficient (Wildman–Crippen LogP) is -0.0805. The molecule has 2 amide bonds. The van der Waals surface area contributed by atoms with Gasteiger partial charge in [-0.2, -0.15) is 0 Å². The highest BCUT2D eigenvalue weighted by atomic mass is 16.5. The maximum absolute atomic E-state index is 12.4. The van der Waals surface area contributed by atoms with Gasteiger partial charge in [-0.25, -0.2) is 0 Å². The van der Waals surface area contributed by atoms with Crippen LogP contribution in [-0.4, -0.2) is 62.7 Å². The van der Waals surface area contributed by atoms with E-state index in [2.05, 4.69) is 5.32 Å². The molecular weight excluding hydrogens is 298 g/mol. The summed E-state index contributed by atoms with van der Waals surface area (Å²) in [6, 6.07) is 5.43. The molecule has 1 aromatic carbocycles. The van der Waals surface area contributed by atoms with Gasteiger partial charge in [-0.1, -0.05) is 11.6 Å². The average Bonchev–Trinajstić information content (AvgIpc) is 2.54. The number of rotatable bonds is 6. The second-order valence-corrected chi connectivity index (χ2v) is 5.55. The first-order valence-electron chi connectivity index (χ1n) is 7.58. The van der Waals surface area contributed by atoms with Crippen molar-refractivity contribution in [3.05, 3.63) is 29.3 Å². The highest BCUT2D eigenvalue weighted by Gasteiger charge is 2.24. The molecule has 1 aromatic rings. The Balaban J connectivity index is 1.97. The molecule has 0 aromatic heterocycles. The molecule has 3 N–H and O–H groups in total. The number of hydrogen-bond donors (Lipinski definition) is 2. The lowest BCUT2D eigenvalue weighted by Gasteiger charge is -2.30. The number of nitrogens with zero attached hydrogens (tertiary/aromatic N) is 1. The maximum atomic E-state index is 12.4. The number of carbonyl (C=O) groups excluding carboxylic acids is 2. The van der Waals surface area contributed by atoms with Crippen LogP contribution < -0.4 is 15.8 Å². The number of amides is 2. The minimum absolute atomic E-state index is 0.0480. The van der Waals surface area contributed by atoms with Crippen molar-refractivity contribution >= 4 is 11.8 Å². The van der Waals surface area contributed by atoms with E-state index in [0.717, 1.165) is 5.56 Å². The SMILES string of the molecule is Cc1ccc(OCCN)c(C(=O)NC[C@H]2CN(C)C(=O)CO2)c1. The van der Waals surface area contributed by atoms with Crippen LogP contribution in [0.15, 0.2) is 18.2 Å². The fraction of sp³-hybridized carbons (Fsp3) is 0.500. The number of likely N-dealkylation sites (N-methyl/N-ethyl adjacent to an activating group) is 1. The number of nitrogens with two attached hydrogens (primary N) is 1. The van der Waals surface area contributed by atoms with Gasteiger partial charge in [-0.05, 0) is 19.1 Å². The van der Waals surface area contributed by atoms with Gasteiger partial charge in [0.2, 0.25) is 5.91 Å². The number of ether oxygens (including phenoxy) is 2. The van der Waals surface area contributed by atoms with Gasteiger partial charge in [0, 0.05) is 26.7 Å². The zero-order chi connectivity index (χ0) is 16.8. The smallest absolute Gasteiger partial charge is 0.255 e. The highest BCUT2D eigenvalue weighted by Crippen LogP contribution is 2.20. The zero-order valence-corrected chi connectivity index (χ0v) is 13.5. The lowest BCUT2D eigenvalue weighted by molar-refractivity contribution is -0.146. The largest absolute Gasteiger partial charge is 0.491 e. The second-order valence-electron chi connectivity index (χ2n) is 5.55. The summed E-state index contributed by atoms with van der Waals surface area (Å²) in [6.07, 6.45) is -0.208. The number of morpholine rings is 1. The lowest BCUT2D eigenvalue weighted by atomic mass is 10.1. The first-order valence-corrected chi connectivity index (χ1v) is 7.58. The van der Waals surface area contributed by atoms with Crippen molar-refractivity contribution in [2.24, 2.45) is 5.73 Å². The molecule has 0 spiro atoms. The van der Waals surface area contributed by atoms with Gasteiger partial charge in [-0.15, -0.1) is 0 Å². The van der Waals surface area contributed by atoms with Gasteiger partial charge in [0.05, 0.1) is 11.7 Å². The van der Waals surface area contributed by atoms with Crippen LogP contribution in [0.1, 0.15) is 15.9 Å². The summed E-state index contributed by atoms with van der Waals surface area (Å²) < 4.78 is 10.9. The first-order chi connectivity index (χ1) is 11.0. The van der Waals surface area contributed by atoms with E-state index in [1.807, 2.05) is 13.0 Å². The Morgan fingerprint density at radius 3 is 3.00 bits per heavy atom. The Morgan fingerprint density at radius 2 is 2.30 bits per heavy atom. The van der Waals surface area contributed by atoms with Crippen molar-refractivity contribution in [2.45, 2.75) is 13.0 Å². The Kier molecular flexibility index (Phi) is 5.95. The van der Waals surface area contributed by atoms with E-state index in [9.17, 15) is 9.59 Å². The topological polar surface area (TPSA) is 93.9 Å². The molecule has 0 aliphatic carbocycles. The number of carbonyl (C=O) groups is 2. The summed E-state index contributed by atoms with van der Waals surface area (Å²) >= 11 is 0. The van der Waals surface area contributed by atoms with Gasteiger partial charge >= 0.3 is 0 Å². The monoisotopic (exact) mass is 321 g/mol. The van der Waals surface area contributed by atoms with Crippen LogP contribution in [0.4, 0.5) is 0 Å². The third-order valence-electron chi connectivity index (χ3n) is 3.59. The van der Waals surface area contributed by atoms with Crippen molar-refractivity contribution < 1.29 is 19.1 Å².